The van der Waals surface area contributed by atoms with Crippen molar-refractivity contribution in [1.82, 2.24) is 4.90 Å². The fourth-order valence-corrected chi connectivity index (χ4v) is 3.16. The van der Waals surface area contributed by atoms with Gasteiger partial charge in [0, 0.05) is 25.0 Å². The fourth-order valence-electron chi connectivity index (χ4n) is 3.16. The number of ether oxygens (including phenoxy) is 1. The van der Waals surface area contributed by atoms with Gasteiger partial charge in [-0.15, -0.1) is 0 Å². The predicted octanol–water partition coefficient (Wildman–Crippen LogP) is 1.53. The van der Waals surface area contributed by atoms with Gasteiger partial charge in [-0.1, -0.05) is 13.3 Å². The van der Waals surface area contributed by atoms with Gasteiger partial charge in [0.25, 0.3) is 0 Å². The molecule has 0 aromatic rings. The van der Waals surface area contributed by atoms with E-state index in [1.807, 2.05) is 4.90 Å². The van der Waals surface area contributed by atoms with Gasteiger partial charge >= 0.3 is 0 Å². The lowest BCUT2D eigenvalue weighted by molar-refractivity contribution is -0.149. The SMILES string of the molecule is CCC1CN(C(=O)C2CCCC(N)C2)CC(C)O1. The highest BCUT2D eigenvalue weighted by atomic mass is 16.5. The molecule has 0 spiro atoms. The van der Waals surface area contributed by atoms with Crippen LogP contribution in [0.2, 0.25) is 0 Å². The molecule has 4 nitrogen and oxygen atoms in total. The second-order valence-electron chi connectivity index (χ2n) is 5.84. The summed E-state index contributed by atoms with van der Waals surface area (Å²) in [5.41, 5.74) is 5.98. The molecule has 0 bridgehead atoms. The summed E-state index contributed by atoms with van der Waals surface area (Å²) in [4.78, 5) is 14.5. The second-order valence-corrected chi connectivity index (χ2v) is 5.84. The minimum atomic E-state index is 0.150. The van der Waals surface area contributed by atoms with Crippen molar-refractivity contribution < 1.29 is 9.53 Å². The summed E-state index contributed by atoms with van der Waals surface area (Å²) in [5.74, 6) is 0.454. The van der Waals surface area contributed by atoms with Crippen LogP contribution in [0, 0.1) is 5.92 Å². The van der Waals surface area contributed by atoms with E-state index in [-0.39, 0.29) is 24.2 Å². The van der Waals surface area contributed by atoms with Crippen LogP contribution in [0.5, 0.6) is 0 Å². The molecular weight excluding hydrogens is 228 g/mol. The van der Waals surface area contributed by atoms with Crippen molar-refractivity contribution >= 4 is 5.91 Å². The maximum Gasteiger partial charge on any atom is 0.225 e. The van der Waals surface area contributed by atoms with E-state index >= 15 is 0 Å². The Morgan fingerprint density at radius 1 is 1.39 bits per heavy atom. The van der Waals surface area contributed by atoms with Gasteiger partial charge in [0.2, 0.25) is 5.91 Å². The molecule has 0 aromatic heterocycles. The quantitative estimate of drug-likeness (QED) is 0.813. The lowest BCUT2D eigenvalue weighted by Gasteiger charge is -2.39. The molecule has 1 amide bonds. The number of nitrogens with zero attached hydrogens (tertiary/aromatic N) is 1. The zero-order chi connectivity index (χ0) is 13.1. The Hall–Kier alpha value is -0.610. The van der Waals surface area contributed by atoms with Crippen LogP contribution in [0.25, 0.3) is 0 Å². The lowest BCUT2D eigenvalue weighted by Crippen LogP contribution is -2.51. The Labute approximate surface area is 110 Å². The number of rotatable bonds is 2. The van der Waals surface area contributed by atoms with E-state index in [4.69, 9.17) is 10.5 Å². The molecule has 18 heavy (non-hydrogen) atoms. The molecule has 4 heteroatoms. The van der Waals surface area contributed by atoms with E-state index in [1.54, 1.807) is 0 Å². The van der Waals surface area contributed by atoms with Crippen LogP contribution < -0.4 is 5.73 Å². The third-order valence-corrected chi connectivity index (χ3v) is 4.16. The summed E-state index contributed by atoms with van der Waals surface area (Å²) in [6.07, 6.45) is 5.37. The van der Waals surface area contributed by atoms with Crippen molar-refractivity contribution in [2.45, 2.75) is 64.2 Å². The maximum atomic E-state index is 12.5. The molecule has 104 valence electrons. The Bertz CT molecular complexity index is 296. The fraction of sp³-hybridized carbons (Fsp3) is 0.929. The normalized spacial score (nSPS) is 37.6. The van der Waals surface area contributed by atoms with Crippen molar-refractivity contribution in [3.8, 4) is 0 Å². The first-order valence-corrected chi connectivity index (χ1v) is 7.30. The van der Waals surface area contributed by atoms with Crippen LogP contribution in [-0.2, 0) is 9.53 Å². The number of nitrogens with two attached hydrogens (primary N) is 1. The molecule has 1 saturated heterocycles. The Morgan fingerprint density at radius 3 is 2.83 bits per heavy atom. The Balaban J connectivity index is 1.94. The minimum Gasteiger partial charge on any atom is -0.372 e. The number of hydrogen-bond acceptors (Lipinski definition) is 3. The molecule has 2 aliphatic rings. The Morgan fingerprint density at radius 2 is 2.17 bits per heavy atom. The first kappa shape index (κ1) is 13.8. The standard InChI is InChI=1S/C14H26N2O2/c1-3-13-9-16(8-10(2)18-13)14(17)11-5-4-6-12(15)7-11/h10-13H,3-9,15H2,1-2H3. The summed E-state index contributed by atoms with van der Waals surface area (Å²) in [5, 5.41) is 0. The van der Waals surface area contributed by atoms with Crippen LogP contribution >= 0.6 is 0 Å². The van der Waals surface area contributed by atoms with Gasteiger partial charge in [0.05, 0.1) is 12.2 Å². The topological polar surface area (TPSA) is 55.6 Å². The second kappa shape index (κ2) is 6.02. The smallest absolute Gasteiger partial charge is 0.225 e. The van der Waals surface area contributed by atoms with Gasteiger partial charge in [-0.05, 0) is 32.6 Å². The van der Waals surface area contributed by atoms with Crippen molar-refractivity contribution in [2.24, 2.45) is 11.7 Å². The summed E-state index contributed by atoms with van der Waals surface area (Å²) >= 11 is 0. The lowest BCUT2D eigenvalue weighted by atomic mass is 9.85. The molecule has 1 aliphatic carbocycles. The van der Waals surface area contributed by atoms with Gasteiger partial charge in [-0.25, -0.2) is 0 Å². The van der Waals surface area contributed by atoms with Gasteiger partial charge in [-0.2, -0.15) is 0 Å². The molecule has 1 saturated carbocycles. The molecule has 2 N–H and O–H groups in total. The molecule has 2 rings (SSSR count). The summed E-state index contributed by atoms with van der Waals surface area (Å²) in [6, 6.07) is 0.216. The highest BCUT2D eigenvalue weighted by Crippen LogP contribution is 2.26. The molecule has 4 unspecified atom stereocenters. The molecule has 1 aliphatic heterocycles. The highest BCUT2D eigenvalue weighted by Gasteiger charge is 2.33. The zero-order valence-electron chi connectivity index (χ0n) is 11.6. The maximum absolute atomic E-state index is 12.5. The van der Waals surface area contributed by atoms with Crippen LogP contribution in [0.1, 0.15) is 46.0 Å². The molecule has 1 heterocycles. The van der Waals surface area contributed by atoms with Crippen LogP contribution in [0.3, 0.4) is 0 Å². The van der Waals surface area contributed by atoms with E-state index in [0.717, 1.165) is 45.2 Å². The van der Waals surface area contributed by atoms with E-state index in [9.17, 15) is 4.79 Å². The van der Waals surface area contributed by atoms with Gasteiger partial charge in [-0.3, -0.25) is 4.79 Å². The first-order valence-electron chi connectivity index (χ1n) is 7.30. The molecular formula is C14H26N2O2. The molecule has 0 aromatic carbocycles. The zero-order valence-corrected chi connectivity index (χ0v) is 11.6. The first-order chi connectivity index (χ1) is 8.60. The van der Waals surface area contributed by atoms with Gasteiger partial charge in [0.15, 0.2) is 0 Å². The van der Waals surface area contributed by atoms with Crippen molar-refractivity contribution in [2.75, 3.05) is 13.1 Å². The van der Waals surface area contributed by atoms with Crippen molar-refractivity contribution in [1.29, 1.82) is 0 Å². The molecule has 4 atom stereocenters. The van der Waals surface area contributed by atoms with E-state index in [1.165, 1.54) is 0 Å². The highest BCUT2D eigenvalue weighted by molar-refractivity contribution is 5.79. The summed E-state index contributed by atoms with van der Waals surface area (Å²) in [7, 11) is 0. The number of hydrogen-bond donors (Lipinski definition) is 1. The number of carbonyl (C=O) groups excluding carboxylic acids is 1. The summed E-state index contributed by atoms with van der Waals surface area (Å²) < 4.78 is 5.81. The third-order valence-electron chi connectivity index (χ3n) is 4.16. The van der Waals surface area contributed by atoms with Crippen LogP contribution in [0.4, 0.5) is 0 Å². The third kappa shape index (κ3) is 3.23. The largest absolute Gasteiger partial charge is 0.372 e. The molecule has 0 radical (unpaired) electrons. The van der Waals surface area contributed by atoms with Crippen LogP contribution in [0.15, 0.2) is 0 Å². The average molecular weight is 254 g/mol. The number of carbonyl (C=O) groups is 1. The summed E-state index contributed by atoms with van der Waals surface area (Å²) in [6.45, 7) is 5.66. The van der Waals surface area contributed by atoms with Crippen molar-refractivity contribution in [3.05, 3.63) is 0 Å². The average Bonchev–Trinajstić information content (AvgIpc) is 2.37. The Kier molecular flexibility index (Phi) is 4.62. The minimum absolute atomic E-state index is 0.150. The van der Waals surface area contributed by atoms with E-state index < -0.39 is 0 Å². The monoisotopic (exact) mass is 254 g/mol. The predicted molar refractivity (Wildman–Crippen MR) is 71.1 cm³/mol. The van der Waals surface area contributed by atoms with E-state index in [2.05, 4.69) is 13.8 Å². The van der Waals surface area contributed by atoms with Crippen LogP contribution in [-0.4, -0.2) is 42.1 Å². The number of morpholine rings is 1. The van der Waals surface area contributed by atoms with Gasteiger partial charge in [0.1, 0.15) is 0 Å². The van der Waals surface area contributed by atoms with E-state index in [0.29, 0.717) is 5.91 Å². The number of amides is 1. The van der Waals surface area contributed by atoms with Crippen molar-refractivity contribution in [3.63, 3.8) is 0 Å². The molecule has 2 fully saturated rings. The van der Waals surface area contributed by atoms with Gasteiger partial charge < -0.3 is 15.4 Å².